The molecule has 138 valence electrons. The van der Waals surface area contributed by atoms with E-state index in [4.69, 9.17) is 4.74 Å². The highest BCUT2D eigenvalue weighted by molar-refractivity contribution is 5.52. The Hall–Kier alpha value is -1.61. The van der Waals surface area contributed by atoms with Crippen LogP contribution in [-0.2, 0) is 18.0 Å². The molecule has 0 saturated heterocycles. The Morgan fingerprint density at radius 2 is 1.56 bits per heavy atom. The van der Waals surface area contributed by atoms with E-state index in [1.54, 1.807) is 0 Å². The van der Waals surface area contributed by atoms with E-state index >= 15 is 0 Å². The highest BCUT2D eigenvalue weighted by atomic mass is 16.5. The van der Waals surface area contributed by atoms with Crippen molar-refractivity contribution in [3.63, 3.8) is 0 Å². The van der Waals surface area contributed by atoms with Crippen LogP contribution in [0.25, 0.3) is 11.4 Å². The number of aryl methyl sites for hydroxylation is 1. The van der Waals surface area contributed by atoms with Crippen molar-refractivity contribution in [2.24, 2.45) is 0 Å². The summed E-state index contributed by atoms with van der Waals surface area (Å²) in [6.45, 7) is 6.90. The second-order valence-corrected chi connectivity index (χ2v) is 6.76. The fourth-order valence-electron chi connectivity index (χ4n) is 3.25. The first-order valence-corrected chi connectivity index (χ1v) is 10.1. The summed E-state index contributed by atoms with van der Waals surface area (Å²) in [5.41, 5.74) is 1.24. The molecule has 0 spiro atoms. The number of benzene rings is 1. The van der Waals surface area contributed by atoms with Crippen LogP contribution in [-0.4, -0.2) is 11.2 Å². The average Bonchev–Trinajstić information content (AvgIpc) is 3.07. The monoisotopic (exact) mass is 343 g/mol. The van der Waals surface area contributed by atoms with E-state index in [2.05, 4.69) is 65.7 Å². The van der Waals surface area contributed by atoms with Crippen molar-refractivity contribution in [1.82, 2.24) is 4.57 Å². The molecule has 0 unspecified atom stereocenters. The van der Waals surface area contributed by atoms with Gasteiger partial charge in [-0.2, -0.15) is 0 Å². The lowest BCUT2D eigenvalue weighted by Crippen LogP contribution is -2.36. The van der Waals surface area contributed by atoms with Crippen LogP contribution in [0.3, 0.4) is 0 Å². The maximum absolute atomic E-state index is 5.93. The van der Waals surface area contributed by atoms with Crippen molar-refractivity contribution in [3.05, 3.63) is 42.7 Å². The van der Waals surface area contributed by atoms with Gasteiger partial charge in [0.1, 0.15) is 12.4 Å². The van der Waals surface area contributed by atoms with Gasteiger partial charge in [-0.1, -0.05) is 70.1 Å². The largest absolute Gasteiger partial charge is 0.342 e. The highest BCUT2D eigenvalue weighted by Crippen LogP contribution is 2.15. The van der Waals surface area contributed by atoms with Crippen LogP contribution in [0.2, 0.25) is 0 Å². The van der Waals surface area contributed by atoms with E-state index < -0.39 is 0 Å². The molecule has 25 heavy (non-hydrogen) atoms. The number of imidazole rings is 1. The number of hydrogen-bond donors (Lipinski definition) is 0. The van der Waals surface area contributed by atoms with Gasteiger partial charge in [-0.15, -0.1) is 0 Å². The third kappa shape index (κ3) is 6.66. The second-order valence-electron chi connectivity index (χ2n) is 6.76. The van der Waals surface area contributed by atoms with Crippen LogP contribution in [0.15, 0.2) is 42.7 Å². The van der Waals surface area contributed by atoms with Gasteiger partial charge in [0.25, 0.3) is 5.82 Å². The molecular formula is C22H35N2O+. The Labute approximate surface area is 153 Å². The molecule has 1 aromatic heterocycles. The molecule has 0 fully saturated rings. The van der Waals surface area contributed by atoms with E-state index in [-0.39, 0.29) is 0 Å². The quantitative estimate of drug-likeness (QED) is 0.343. The summed E-state index contributed by atoms with van der Waals surface area (Å²) in [6.07, 6.45) is 15.0. The number of nitrogens with zero attached hydrogens (tertiary/aromatic N) is 2. The van der Waals surface area contributed by atoms with Crippen LogP contribution < -0.4 is 4.57 Å². The molecule has 0 bridgehead atoms. The Bertz CT molecular complexity index is 577. The molecule has 2 aromatic rings. The van der Waals surface area contributed by atoms with Gasteiger partial charge in [-0.25, -0.2) is 9.13 Å². The zero-order valence-electron chi connectivity index (χ0n) is 16.1. The molecule has 0 aliphatic heterocycles. The van der Waals surface area contributed by atoms with Crippen LogP contribution in [0.4, 0.5) is 0 Å². The third-order valence-corrected chi connectivity index (χ3v) is 4.72. The number of ether oxygens (including phenoxy) is 1. The van der Waals surface area contributed by atoms with Crippen LogP contribution in [0, 0.1) is 0 Å². The maximum atomic E-state index is 5.93. The Balaban J connectivity index is 1.70. The minimum Gasteiger partial charge on any atom is -0.342 e. The van der Waals surface area contributed by atoms with Gasteiger partial charge < -0.3 is 4.74 Å². The third-order valence-electron chi connectivity index (χ3n) is 4.72. The Morgan fingerprint density at radius 3 is 2.24 bits per heavy atom. The maximum Gasteiger partial charge on any atom is 0.290 e. The first kappa shape index (κ1) is 19.7. The topological polar surface area (TPSA) is 18.0 Å². The molecule has 0 amide bonds. The second kappa shape index (κ2) is 11.9. The predicted octanol–water partition coefficient (Wildman–Crippen LogP) is 5.58. The van der Waals surface area contributed by atoms with Gasteiger partial charge in [0, 0.05) is 0 Å². The first-order valence-electron chi connectivity index (χ1n) is 10.1. The van der Waals surface area contributed by atoms with E-state index in [9.17, 15) is 0 Å². The van der Waals surface area contributed by atoms with E-state index in [0.717, 1.165) is 13.2 Å². The fourth-order valence-corrected chi connectivity index (χ4v) is 3.25. The zero-order chi connectivity index (χ0) is 17.7. The van der Waals surface area contributed by atoms with Crippen molar-refractivity contribution in [2.75, 3.05) is 6.61 Å². The van der Waals surface area contributed by atoms with Gasteiger partial charge >= 0.3 is 0 Å². The standard InChI is InChI=1S/C22H35N2O/c1-3-5-6-7-8-9-10-14-19-25-20-24-18-17-23(4-2)22(24)21-15-12-11-13-16-21/h11-13,15-18H,3-10,14,19-20H2,1-2H3/q+1. The molecule has 0 saturated carbocycles. The molecule has 1 heterocycles. The summed E-state index contributed by atoms with van der Waals surface area (Å²) in [7, 11) is 0. The minimum absolute atomic E-state index is 0.633. The van der Waals surface area contributed by atoms with E-state index in [1.165, 1.54) is 62.8 Å². The average molecular weight is 344 g/mol. The van der Waals surface area contributed by atoms with Crippen molar-refractivity contribution >= 4 is 0 Å². The lowest BCUT2D eigenvalue weighted by molar-refractivity contribution is -0.722. The summed E-state index contributed by atoms with van der Waals surface area (Å²) in [4.78, 5) is 0. The summed E-state index contributed by atoms with van der Waals surface area (Å²) in [5, 5.41) is 0. The molecule has 2 rings (SSSR count). The molecule has 0 radical (unpaired) electrons. The molecule has 1 aromatic carbocycles. The summed E-state index contributed by atoms with van der Waals surface area (Å²) >= 11 is 0. The normalized spacial score (nSPS) is 11.1. The molecule has 0 aliphatic rings. The van der Waals surface area contributed by atoms with Crippen molar-refractivity contribution < 1.29 is 9.30 Å². The molecule has 0 aliphatic carbocycles. The van der Waals surface area contributed by atoms with Crippen LogP contribution in [0.5, 0.6) is 0 Å². The van der Waals surface area contributed by atoms with E-state index in [0.29, 0.717) is 6.73 Å². The number of aromatic nitrogens is 2. The van der Waals surface area contributed by atoms with Gasteiger partial charge in [-0.05, 0) is 25.5 Å². The van der Waals surface area contributed by atoms with E-state index in [1.807, 2.05) is 0 Å². The Morgan fingerprint density at radius 1 is 0.880 bits per heavy atom. The van der Waals surface area contributed by atoms with Crippen LogP contribution >= 0.6 is 0 Å². The van der Waals surface area contributed by atoms with Crippen LogP contribution in [0.1, 0.15) is 65.2 Å². The molecule has 3 heteroatoms. The number of hydrogen-bond acceptors (Lipinski definition) is 1. The minimum atomic E-state index is 0.633. The van der Waals surface area contributed by atoms with Crippen molar-refractivity contribution in [1.29, 1.82) is 0 Å². The summed E-state index contributed by atoms with van der Waals surface area (Å²) in [6, 6.07) is 10.6. The van der Waals surface area contributed by atoms with Gasteiger partial charge in [0.2, 0.25) is 0 Å². The summed E-state index contributed by atoms with van der Waals surface area (Å²) < 4.78 is 10.4. The zero-order valence-corrected chi connectivity index (χ0v) is 16.1. The lowest BCUT2D eigenvalue weighted by Gasteiger charge is -2.06. The smallest absolute Gasteiger partial charge is 0.290 e. The first-order chi connectivity index (χ1) is 12.4. The van der Waals surface area contributed by atoms with Crippen molar-refractivity contribution in [3.8, 4) is 11.4 Å². The van der Waals surface area contributed by atoms with Gasteiger partial charge in [-0.3, -0.25) is 0 Å². The highest BCUT2D eigenvalue weighted by Gasteiger charge is 2.17. The van der Waals surface area contributed by atoms with Gasteiger partial charge in [0.05, 0.1) is 18.7 Å². The lowest BCUT2D eigenvalue weighted by atomic mass is 10.1. The summed E-state index contributed by atoms with van der Waals surface area (Å²) in [5.74, 6) is 1.22. The molecular weight excluding hydrogens is 308 g/mol. The molecule has 0 atom stereocenters. The Kier molecular flexibility index (Phi) is 9.35. The number of unbranched alkanes of at least 4 members (excludes halogenated alkanes) is 7. The SMILES string of the molecule is CCCCCCCCCCOC[n+]1ccn(CC)c1-c1ccccc1. The molecule has 0 N–H and O–H groups in total. The van der Waals surface area contributed by atoms with Gasteiger partial charge in [0.15, 0.2) is 6.73 Å². The van der Waals surface area contributed by atoms with Crippen molar-refractivity contribution in [2.45, 2.75) is 78.5 Å². The predicted molar refractivity (Wildman–Crippen MR) is 104 cm³/mol. The molecule has 3 nitrogen and oxygen atoms in total. The fraction of sp³-hybridized carbons (Fsp3) is 0.591. The number of rotatable bonds is 13.